The Balaban J connectivity index is 2.05. The van der Waals surface area contributed by atoms with Crippen molar-refractivity contribution in [3.63, 3.8) is 0 Å². The van der Waals surface area contributed by atoms with E-state index in [1.54, 1.807) is 0 Å². The minimum Gasteiger partial charge on any atom is -0.255 e. The average Bonchev–Trinajstić information content (AvgIpc) is 2.03. The highest BCUT2D eigenvalue weighted by molar-refractivity contribution is 4.66. The molecule has 0 radical (unpaired) electrons. The molecule has 0 heterocycles. The Morgan fingerprint density at radius 2 is 1.82 bits per heavy atom. The summed E-state index contributed by atoms with van der Waals surface area (Å²) in [7, 11) is 4.12. The second kappa shape index (κ2) is 4.73. The number of hydrogen-bond acceptors (Lipinski definition) is 2. The summed E-state index contributed by atoms with van der Waals surface area (Å²) in [5.74, 6) is 0.936. The van der Waals surface area contributed by atoms with Gasteiger partial charge in [-0.1, -0.05) is 19.3 Å². The van der Waals surface area contributed by atoms with Crippen LogP contribution in [0.5, 0.6) is 0 Å². The molecule has 1 N–H and O–H groups in total. The molecule has 1 rings (SSSR count). The second-order valence-electron chi connectivity index (χ2n) is 3.76. The van der Waals surface area contributed by atoms with E-state index in [9.17, 15) is 0 Å². The lowest BCUT2D eigenvalue weighted by atomic mass is 9.89. The summed E-state index contributed by atoms with van der Waals surface area (Å²) in [4.78, 5) is 0. The molecule has 1 aliphatic carbocycles. The number of nitrogens with one attached hydrogen (secondary N) is 1. The van der Waals surface area contributed by atoms with Crippen molar-refractivity contribution in [2.24, 2.45) is 5.92 Å². The van der Waals surface area contributed by atoms with Gasteiger partial charge in [-0.25, -0.2) is 0 Å². The number of hydrazine groups is 1. The third-order valence-electron chi connectivity index (χ3n) is 2.42. The van der Waals surface area contributed by atoms with Crippen molar-refractivity contribution < 1.29 is 0 Å². The minimum absolute atomic E-state index is 0.936. The fraction of sp³-hybridized carbons (Fsp3) is 1.00. The monoisotopic (exact) mass is 156 g/mol. The SMILES string of the molecule is CN(C)NCC1CCCCC1. The Hall–Kier alpha value is -0.0800. The van der Waals surface area contributed by atoms with Gasteiger partial charge in [0.1, 0.15) is 0 Å². The molecular weight excluding hydrogens is 136 g/mol. The first-order valence-electron chi connectivity index (χ1n) is 4.70. The van der Waals surface area contributed by atoms with Crippen molar-refractivity contribution in [3.8, 4) is 0 Å². The summed E-state index contributed by atoms with van der Waals surface area (Å²) in [6.07, 6.45) is 7.21. The molecular formula is C9H20N2. The Labute approximate surface area is 69.9 Å². The van der Waals surface area contributed by atoms with Gasteiger partial charge in [-0.15, -0.1) is 0 Å². The third-order valence-corrected chi connectivity index (χ3v) is 2.42. The van der Waals surface area contributed by atoms with Crippen molar-refractivity contribution in [3.05, 3.63) is 0 Å². The molecule has 66 valence electrons. The van der Waals surface area contributed by atoms with Crippen LogP contribution in [0, 0.1) is 5.92 Å². The topological polar surface area (TPSA) is 15.3 Å². The van der Waals surface area contributed by atoms with Gasteiger partial charge in [0.15, 0.2) is 0 Å². The van der Waals surface area contributed by atoms with Crippen LogP contribution in [0.1, 0.15) is 32.1 Å². The van der Waals surface area contributed by atoms with Crippen LogP contribution < -0.4 is 5.43 Å². The summed E-state index contributed by atoms with van der Waals surface area (Å²) in [5.41, 5.74) is 3.35. The van der Waals surface area contributed by atoms with E-state index in [0.29, 0.717) is 0 Å². The van der Waals surface area contributed by atoms with Crippen LogP contribution in [0.25, 0.3) is 0 Å². The molecule has 0 bridgehead atoms. The fourth-order valence-corrected chi connectivity index (χ4v) is 1.70. The normalized spacial score (nSPS) is 21.0. The summed E-state index contributed by atoms with van der Waals surface area (Å²) in [5, 5.41) is 2.05. The van der Waals surface area contributed by atoms with Crippen LogP contribution in [0.3, 0.4) is 0 Å². The van der Waals surface area contributed by atoms with Crippen molar-refractivity contribution in [2.45, 2.75) is 32.1 Å². The molecule has 0 spiro atoms. The van der Waals surface area contributed by atoms with Crippen molar-refractivity contribution in [2.75, 3.05) is 20.6 Å². The lowest BCUT2D eigenvalue weighted by Crippen LogP contribution is -2.35. The maximum Gasteiger partial charge on any atom is 0.0130 e. The van der Waals surface area contributed by atoms with Crippen LogP contribution in [0.2, 0.25) is 0 Å². The van der Waals surface area contributed by atoms with E-state index in [1.807, 2.05) is 0 Å². The van der Waals surface area contributed by atoms with Gasteiger partial charge in [0, 0.05) is 20.6 Å². The van der Waals surface area contributed by atoms with Crippen molar-refractivity contribution >= 4 is 0 Å². The Morgan fingerprint density at radius 1 is 1.18 bits per heavy atom. The molecule has 1 fully saturated rings. The maximum atomic E-state index is 3.35. The van der Waals surface area contributed by atoms with Gasteiger partial charge in [0.05, 0.1) is 0 Å². The molecule has 0 aromatic heterocycles. The van der Waals surface area contributed by atoms with Gasteiger partial charge >= 0.3 is 0 Å². The van der Waals surface area contributed by atoms with E-state index < -0.39 is 0 Å². The predicted molar refractivity (Wildman–Crippen MR) is 48.3 cm³/mol. The lowest BCUT2D eigenvalue weighted by Gasteiger charge is -2.23. The van der Waals surface area contributed by atoms with Crippen LogP contribution in [0.4, 0.5) is 0 Å². The number of rotatable bonds is 3. The predicted octanol–water partition coefficient (Wildman–Crippen LogP) is 1.63. The average molecular weight is 156 g/mol. The fourth-order valence-electron chi connectivity index (χ4n) is 1.70. The molecule has 0 aromatic rings. The molecule has 0 saturated heterocycles. The summed E-state index contributed by atoms with van der Waals surface area (Å²) >= 11 is 0. The first kappa shape index (κ1) is 9.01. The Bertz CT molecular complexity index is 95.7. The van der Waals surface area contributed by atoms with Gasteiger partial charge in [-0.3, -0.25) is 10.4 Å². The highest BCUT2D eigenvalue weighted by Gasteiger charge is 2.12. The largest absolute Gasteiger partial charge is 0.255 e. The molecule has 0 aromatic carbocycles. The maximum absolute atomic E-state index is 3.35. The lowest BCUT2D eigenvalue weighted by molar-refractivity contribution is 0.235. The molecule has 0 atom stereocenters. The number of hydrogen-bond donors (Lipinski definition) is 1. The zero-order valence-corrected chi connectivity index (χ0v) is 7.77. The van der Waals surface area contributed by atoms with Gasteiger partial charge in [0.2, 0.25) is 0 Å². The quantitative estimate of drug-likeness (QED) is 0.625. The minimum atomic E-state index is 0.936. The zero-order valence-electron chi connectivity index (χ0n) is 7.77. The van der Waals surface area contributed by atoms with E-state index in [1.165, 1.54) is 38.6 Å². The molecule has 1 aliphatic rings. The molecule has 2 heteroatoms. The highest BCUT2D eigenvalue weighted by Crippen LogP contribution is 2.22. The number of nitrogens with zero attached hydrogens (tertiary/aromatic N) is 1. The first-order valence-corrected chi connectivity index (χ1v) is 4.70. The Morgan fingerprint density at radius 3 is 2.36 bits per heavy atom. The summed E-state index contributed by atoms with van der Waals surface area (Å²) in [6.45, 7) is 1.17. The summed E-state index contributed by atoms with van der Waals surface area (Å²) in [6, 6.07) is 0. The molecule has 0 amide bonds. The van der Waals surface area contributed by atoms with Crippen LogP contribution >= 0.6 is 0 Å². The van der Waals surface area contributed by atoms with Gasteiger partial charge in [-0.2, -0.15) is 0 Å². The van der Waals surface area contributed by atoms with Crippen LogP contribution in [0.15, 0.2) is 0 Å². The molecule has 0 aliphatic heterocycles. The van der Waals surface area contributed by atoms with Crippen LogP contribution in [-0.2, 0) is 0 Å². The highest BCUT2D eigenvalue weighted by atomic mass is 15.5. The van der Waals surface area contributed by atoms with E-state index in [4.69, 9.17) is 0 Å². The van der Waals surface area contributed by atoms with Crippen molar-refractivity contribution in [1.29, 1.82) is 0 Å². The van der Waals surface area contributed by atoms with E-state index >= 15 is 0 Å². The molecule has 1 saturated carbocycles. The molecule has 2 nitrogen and oxygen atoms in total. The van der Waals surface area contributed by atoms with Gasteiger partial charge < -0.3 is 0 Å². The first-order chi connectivity index (χ1) is 5.29. The van der Waals surface area contributed by atoms with Gasteiger partial charge in [0.25, 0.3) is 0 Å². The second-order valence-corrected chi connectivity index (χ2v) is 3.76. The van der Waals surface area contributed by atoms with Crippen molar-refractivity contribution in [1.82, 2.24) is 10.4 Å². The molecule has 11 heavy (non-hydrogen) atoms. The zero-order chi connectivity index (χ0) is 8.10. The smallest absolute Gasteiger partial charge is 0.0130 e. The molecule has 0 unspecified atom stereocenters. The van der Waals surface area contributed by atoms with E-state index in [2.05, 4.69) is 24.5 Å². The summed E-state index contributed by atoms with van der Waals surface area (Å²) < 4.78 is 0. The Kier molecular flexibility index (Phi) is 3.87. The third kappa shape index (κ3) is 3.73. The van der Waals surface area contributed by atoms with E-state index in [0.717, 1.165) is 5.92 Å². The van der Waals surface area contributed by atoms with Gasteiger partial charge in [-0.05, 0) is 18.8 Å². The standard InChI is InChI=1S/C9H20N2/c1-11(2)10-8-9-6-4-3-5-7-9/h9-10H,3-8H2,1-2H3. The van der Waals surface area contributed by atoms with Crippen LogP contribution in [-0.4, -0.2) is 25.6 Å². The van der Waals surface area contributed by atoms with E-state index in [-0.39, 0.29) is 0 Å².